The lowest BCUT2D eigenvalue weighted by Gasteiger charge is -2.14. The molecule has 2 N–H and O–H groups in total. The topological polar surface area (TPSA) is 80.3 Å². The number of rotatable bonds is 9. The van der Waals surface area contributed by atoms with Gasteiger partial charge in [-0.2, -0.15) is 0 Å². The highest BCUT2D eigenvalue weighted by Crippen LogP contribution is 2.28. The molecule has 27 heavy (non-hydrogen) atoms. The Balaban J connectivity index is 1.56. The van der Waals surface area contributed by atoms with Gasteiger partial charge in [0.25, 0.3) is 11.8 Å². The number of nitrogens with one attached hydrogen (secondary N) is 2. The molecule has 1 aliphatic carbocycles. The van der Waals surface area contributed by atoms with E-state index in [1.165, 1.54) is 12.8 Å². The first-order valence-electron chi connectivity index (χ1n) is 9.32. The molecule has 3 rings (SSSR count). The molecular weight excluding hydrogens is 342 g/mol. The van der Waals surface area contributed by atoms with Crippen molar-refractivity contribution in [1.29, 1.82) is 0 Å². The Kier molecular flexibility index (Phi) is 6.54. The molecule has 0 radical (unpaired) electrons. The average Bonchev–Trinajstić information content (AvgIpc) is 3.51. The third kappa shape index (κ3) is 5.62. The summed E-state index contributed by atoms with van der Waals surface area (Å²) in [6.07, 6.45) is 6.44. The van der Waals surface area contributed by atoms with Crippen LogP contribution in [0.4, 0.5) is 5.69 Å². The largest absolute Gasteiger partial charge is 0.381 e. The Hall–Kier alpha value is -2.73. The number of anilines is 1. The summed E-state index contributed by atoms with van der Waals surface area (Å²) in [6.45, 7) is 3.88. The third-order valence-electron chi connectivity index (χ3n) is 4.50. The lowest BCUT2D eigenvalue weighted by atomic mass is 10.1. The van der Waals surface area contributed by atoms with Crippen LogP contribution in [-0.4, -0.2) is 36.6 Å². The Morgan fingerprint density at radius 1 is 1.15 bits per heavy atom. The highest BCUT2D eigenvalue weighted by Gasteiger charge is 2.21. The molecule has 0 bridgehead atoms. The Morgan fingerprint density at radius 3 is 2.67 bits per heavy atom. The summed E-state index contributed by atoms with van der Waals surface area (Å²) in [6, 6.07) is 8.66. The van der Waals surface area contributed by atoms with Gasteiger partial charge in [-0.1, -0.05) is 12.1 Å². The minimum Gasteiger partial charge on any atom is -0.381 e. The number of hydrogen-bond acceptors (Lipinski definition) is 4. The number of amides is 2. The van der Waals surface area contributed by atoms with Crippen molar-refractivity contribution >= 4 is 17.5 Å². The van der Waals surface area contributed by atoms with Gasteiger partial charge in [0.05, 0.1) is 11.3 Å². The summed E-state index contributed by atoms with van der Waals surface area (Å²) < 4.78 is 5.58. The van der Waals surface area contributed by atoms with Crippen LogP contribution in [-0.2, 0) is 4.74 Å². The molecular formula is C21H25N3O3. The van der Waals surface area contributed by atoms with Gasteiger partial charge in [-0.3, -0.25) is 14.6 Å². The smallest absolute Gasteiger partial charge is 0.255 e. The number of carbonyl (C=O) groups is 2. The van der Waals surface area contributed by atoms with Crippen LogP contribution in [0.15, 0.2) is 42.7 Å². The molecule has 0 unspecified atom stereocenters. The number of benzene rings is 1. The molecule has 2 amide bonds. The molecule has 0 atom stereocenters. The summed E-state index contributed by atoms with van der Waals surface area (Å²) in [5.41, 5.74) is 2.31. The maximum absolute atomic E-state index is 12.6. The van der Waals surface area contributed by atoms with Gasteiger partial charge >= 0.3 is 0 Å². The zero-order valence-electron chi connectivity index (χ0n) is 15.5. The molecule has 142 valence electrons. The molecule has 6 heteroatoms. The van der Waals surface area contributed by atoms with E-state index < -0.39 is 0 Å². The highest BCUT2D eigenvalue weighted by molar-refractivity contribution is 6.09. The average molecular weight is 367 g/mol. The number of aryl methyl sites for hydroxylation is 1. The second-order valence-corrected chi connectivity index (χ2v) is 6.82. The molecule has 6 nitrogen and oxygen atoms in total. The minimum absolute atomic E-state index is 0.203. The van der Waals surface area contributed by atoms with Crippen molar-refractivity contribution in [2.45, 2.75) is 26.2 Å². The maximum Gasteiger partial charge on any atom is 0.255 e. The van der Waals surface area contributed by atoms with Crippen molar-refractivity contribution < 1.29 is 14.3 Å². The third-order valence-corrected chi connectivity index (χ3v) is 4.50. The number of carbonyl (C=O) groups excluding carboxylic acids is 2. The van der Waals surface area contributed by atoms with E-state index in [0.29, 0.717) is 30.0 Å². The molecule has 1 aromatic carbocycles. The second-order valence-electron chi connectivity index (χ2n) is 6.82. The van der Waals surface area contributed by atoms with Crippen LogP contribution in [0.1, 0.15) is 45.5 Å². The van der Waals surface area contributed by atoms with Crippen LogP contribution in [0.25, 0.3) is 0 Å². The molecule has 2 aromatic rings. The highest BCUT2D eigenvalue weighted by atomic mass is 16.5. The predicted molar refractivity (Wildman–Crippen MR) is 104 cm³/mol. The molecule has 0 saturated heterocycles. The van der Waals surface area contributed by atoms with Gasteiger partial charge in [-0.05, 0) is 55.9 Å². The van der Waals surface area contributed by atoms with Gasteiger partial charge in [0.15, 0.2) is 0 Å². The zero-order valence-corrected chi connectivity index (χ0v) is 15.5. The monoisotopic (exact) mass is 367 g/mol. The molecule has 0 spiro atoms. The van der Waals surface area contributed by atoms with Gasteiger partial charge < -0.3 is 15.4 Å². The second kappa shape index (κ2) is 9.28. The van der Waals surface area contributed by atoms with Gasteiger partial charge in [0.2, 0.25) is 0 Å². The SMILES string of the molecule is Cc1cccc(C(=O)NCCCOCC2CC2)c1NC(=O)c1ccncc1. The van der Waals surface area contributed by atoms with E-state index in [-0.39, 0.29) is 11.8 Å². The van der Waals surface area contributed by atoms with Gasteiger partial charge in [0, 0.05) is 37.7 Å². The van der Waals surface area contributed by atoms with Crippen LogP contribution in [0.3, 0.4) is 0 Å². The fourth-order valence-corrected chi connectivity index (χ4v) is 2.72. The normalized spacial score (nSPS) is 13.2. The Bertz CT molecular complexity index is 789. The van der Waals surface area contributed by atoms with Crippen molar-refractivity contribution in [2.24, 2.45) is 5.92 Å². The van der Waals surface area contributed by atoms with Crippen LogP contribution in [0.5, 0.6) is 0 Å². The zero-order chi connectivity index (χ0) is 19.1. The van der Waals surface area contributed by atoms with Crippen molar-refractivity contribution in [3.63, 3.8) is 0 Å². The Morgan fingerprint density at radius 2 is 1.93 bits per heavy atom. The van der Waals surface area contributed by atoms with E-state index >= 15 is 0 Å². The van der Waals surface area contributed by atoms with Crippen molar-refractivity contribution in [2.75, 3.05) is 25.1 Å². The summed E-state index contributed by atoms with van der Waals surface area (Å²) in [5.74, 6) is 0.276. The van der Waals surface area contributed by atoms with Crippen molar-refractivity contribution in [3.05, 3.63) is 59.4 Å². The molecule has 1 aromatic heterocycles. The van der Waals surface area contributed by atoms with E-state index in [4.69, 9.17) is 4.74 Å². The van der Waals surface area contributed by atoms with Crippen molar-refractivity contribution in [1.82, 2.24) is 10.3 Å². The lowest BCUT2D eigenvalue weighted by molar-refractivity contribution is 0.0938. The van der Waals surface area contributed by atoms with E-state index in [2.05, 4.69) is 15.6 Å². The molecule has 1 aliphatic rings. The standard InChI is InChI=1S/C21H25N3O3/c1-15-4-2-5-18(19(15)24-20(25)17-8-11-22-12-9-17)21(26)23-10-3-13-27-14-16-6-7-16/h2,4-5,8-9,11-12,16H,3,6-7,10,13-14H2,1H3,(H,23,26)(H,24,25). The minimum atomic E-state index is -0.269. The number of ether oxygens (including phenoxy) is 1. The fraction of sp³-hybridized carbons (Fsp3) is 0.381. The van der Waals surface area contributed by atoms with Crippen LogP contribution < -0.4 is 10.6 Å². The number of nitrogens with zero attached hydrogens (tertiary/aromatic N) is 1. The first-order valence-corrected chi connectivity index (χ1v) is 9.32. The maximum atomic E-state index is 12.6. The lowest BCUT2D eigenvalue weighted by Crippen LogP contribution is -2.27. The molecule has 0 aliphatic heterocycles. The quantitative estimate of drug-likeness (QED) is 0.667. The molecule has 1 heterocycles. The van der Waals surface area contributed by atoms with Crippen molar-refractivity contribution in [3.8, 4) is 0 Å². The van der Waals surface area contributed by atoms with Crippen LogP contribution in [0.2, 0.25) is 0 Å². The number of para-hydroxylation sites is 1. The first kappa shape index (κ1) is 19.0. The molecule has 1 fully saturated rings. The van der Waals surface area contributed by atoms with E-state index in [1.807, 2.05) is 19.1 Å². The number of pyridine rings is 1. The van der Waals surface area contributed by atoms with E-state index in [9.17, 15) is 9.59 Å². The van der Waals surface area contributed by atoms with Gasteiger partial charge in [-0.25, -0.2) is 0 Å². The molecule has 1 saturated carbocycles. The van der Waals surface area contributed by atoms with Gasteiger partial charge in [0.1, 0.15) is 0 Å². The number of hydrogen-bond donors (Lipinski definition) is 2. The number of aromatic nitrogens is 1. The first-order chi connectivity index (χ1) is 13.1. The predicted octanol–water partition coefficient (Wildman–Crippen LogP) is 3.19. The summed E-state index contributed by atoms with van der Waals surface area (Å²) in [4.78, 5) is 28.9. The van der Waals surface area contributed by atoms with Gasteiger partial charge in [-0.15, -0.1) is 0 Å². The van der Waals surface area contributed by atoms with E-state index in [0.717, 1.165) is 24.5 Å². The Labute approximate surface area is 159 Å². The van der Waals surface area contributed by atoms with Crippen LogP contribution in [0, 0.1) is 12.8 Å². The summed E-state index contributed by atoms with van der Waals surface area (Å²) in [5, 5.41) is 5.76. The summed E-state index contributed by atoms with van der Waals surface area (Å²) in [7, 11) is 0. The van der Waals surface area contributed by atoms with Crippen LogP contribution >= 0.6 is 0 Å². The fourth-order valence-electron chi connectivity index (χ4n) is 2.72. The summed E-state index contributed by atoms with van der Waals surface area (Å²) >= 11 is 0. The van der Waals surface area contributed by atoms with E-state index in [1.54, 1.807) is 30.6 Å².